The number of halogens is 4. The van der Waals surface area contributed by atoms with E-state index in [1.54, 1.807) is 12.2 Å². The number of benzene rings is 1. The van der Waals surface area contributed by atoms with Crippen molar-refractivity contribution in [1.29, 1.82) is 0 Å². The van der Waals surface area contributed by atoms with E-state index in [1.165, 1.54) is 19.1 Å². The van der Waals surface area contributed by atoms with Crippen LogP contribution in [0.1, 0.15) is 32.3 Å². The zero-order valence-corrected chi connectivity index (χ0v) is 13.9. The Morgan fingerprint density at radius 3 is 2.20 bits per heavy atom. The molecule has 0 bridgehead atoms. The molecule has 0 saturated carbocycles. The number of rotatable bonds is 8. The number of hydrogen-bond acceptors (Lipinski definition) is 4. The second-order valence-electron chi connectivity index (χ2n) is 5.25. The summed E-state index contributed by atoms with van der Waals surface area (Å²) in [5, 5.41) is 3.74. The molecule has 1 unspecified atom stereocenters. The molecule has 9 heteroatoms. The summed E-state index contributed by atoms with van der Waals surface area (Å²) in [4.78, 5) is 23.8. The Labute approximate surface area is 142 Å². The summed E-state index contributed by atoms with van der Waals surface area (Å²) in [6.07, 6.45) is -5.03. The summed E-state index contributed by atoms with van der Waals surface area (Å²) in [6.45, 7) is 2.24. The summed E-state index contributed by atoms with van der Waals surface area (Å²) < 4.78 is 58.5. The van der Waals surface area contributed by atoms with Crippen LogP contribution in [0.25, 0.3) is 0 Å². The van der Waals surface area contributed by atoms with Gasteiger partial charge in [0.2, 0.25) is 5.91 Å². The van der Waals surface area contributed by atoms with Gasteiger partial charge in [-0.1, -0.05) is 19.1 Å². The first kappa shape index (κ1) is 20.9. The van der Waals surface area contributed by atoms with Crippen molar-refractivity contribution in [3.8, 4) is 0 Å². The molecule has 0 aliphatic rings. The molecule has 5 nitrogen and oxygen atoms in total. The molecule has 0 aliphatic carbocycles. The highest BCUT2D eigenvalue weighted by atomic mass is 19.4. The Balaban J connectivity index is 3.14. The molecule has 0 radical (unpaired) electrons. The summed E-state index contributed by atoms with van der Waals surface area (Å²) in [5.74, 6) is -3.15. The van der Waals surface area contributed by atoms with Crippen molar-refractivity contribution < 1.29 is 31.9 Å². The average molecular weight is 364 g/mol. The predicted octanol–water partition coefficient (Wildman–Crippen LogP) is 2.65. The van der Waals surface area contributed by atoms with Crippen LogP contribution in [-0.2, 0) is 20.9 Å². The van der Waals surface area contributed by atoms with Crippen LogP contribution in [0.3, 0.4) is 0 Å². The maximum Gasteiger partial charge on any atom is 0.436 e. The molecule has 1 atom stereocenters. The molecule has 140 valence electrons. The van der Waals surface area contributed by atoms with Crippen LogP contribution in [0, 0.1) is 5.82 Å². The maximum atomic E-state index is 13.7. The molecule has 1 aromatic carbocycles. The van der Waals surface area contributed by atoms with Gasteiger partial charge in [-0.3, -0.25) is 10.1 Å². The van der Waals surface area contributed by atoms with Crippen LogP contribution < -0.4 is 10.6 Å². The largest absolute Gasteiger partial charge is 0.463 e. The van der Waals surface area contributed by atoms with Gasteiger partial charge in [-0.25, -0.2) is 9.18 Å². The van der Waals surface area contributed by atoms with Gasteiger partial charge in [0, 0.05) is 13.0 Å². The van der Waals surface area contributed by atoms with E-state index in [0.717, 1.165) is 12.1 Å². The predicted molar refractivity (Wildman–Crippen MR) is 81.7 cm³/mol. The first-order valence-corrected chi connectivity index (χ1v) is 7.70. The monoisotopic (exact) mass is 364 g/mol. The van der Waals surface area contributed by atoms with Gasteiger partial charge < -0.3 is 10.1 Å². The zero-order valence-electron chi connectivity index (χ0n) is 13.9. The molecule has 1 aromatic rings. The minimum absolute atomic E-state index is 0.185. The highest BCUT2D eigenvalue weighted by Crippen LogP contribution is 2.30. The Bertz CT molecular complexity index is 590. The summed E-state index contributed by atoms with van der Waals surface area (Å²) in [7, 11) is 0. The van der Waals surface area contributed by atoms with Crippen LogP contribution in [0.4, 0.5) is 17.6 Å². The van der Waals surface area contributed by atoms with Gasteiger partial charge in [-0.15, -0.1) is 0 Å². The third-order valence-electron chi connectivity index (χ3n) is 3.28. The van der Waals surface area contributed by atoms with Crippen molar-refractivity contribution in [2.45, 2.75) is 45.1 Å². The SMILES string of the molecule is CCCC(=O)NC(NCc1ccc(F)cc1)(C(=O)OCC)C(F)(F)F. The van der Waals surface area contributed by atoms with E-state index in [0.29, 0.717) is 12.0 Å². The molecule has 0 aromatic heterocycles. The van der Waals surface area contributed by atoms with Crippen molar-refractivity contribution in [1.82, 2.24) is 10.6 Å². The highest BCUT2D eigenvalue weighted by molar-refractivity contribution is 5.88. The van der Waals surface area contributed by atoms with Crippen LogP contribution in [0.15, 0.2) is 24.3 Å². The van der Waals surface area contributed by atoms with E-state index in [2.05, 4.69) is 4.74 Å². The molecule has 1 rings (SSSR count). The Morgan fingerprint density at radius 2 is 1.72 bits per heavy atom. The highest BCUT2D eigenvalue weighted by Gasteiger charge is 2.62. The number of carbonyl (C=O) groups is 2. The van der Waals surface area contributed by atoms with E-state index < -0.39 is 36.1 Å². The van der Waals surface area contributed by atoms with E-state index in [1.807, 2.05) is 5.32 Å². The summed E-state index contributed by atoms with van der Waals surface area (Å²) in [5.41, 5.74) is -3.09. The summed E-state index contributed by atoms with van der Waals surface area (Å²) >= 11 is 0. The van der Waals surface area contributed by atoms with Gasteiger partial charge >= 0.3 is 12.1 Å². The number of nitrogens with one attached hydrogen (secondary N) is 2. The lowest BCUT2D eigenvalue weighted by Crippen LogP contribution is -2.72. The van der Waals surface area contributed by atoms with Gasteiger partial charge in [0.25, 0.3) is 5.66 Å². The fourth-order valence-electron chi connectivity index (χ4n) is 2.03. The molecule has 2 N–H and O–H groups in total. The third kappa shape index (κ3) is 5.42. The molecule has 0 heterocycles. The number of ether oxygens (including phenoxy) is 1. The first-order chi connectivity index (χ1) is 11.7. The number of esters is 1. The van der Waals surface area contributed by atoms with E-state index in [4.69, 9.17) is 0 Å². The van der Waals surface area contributed by atoms with Crippen molar-refractivity contribution in [2.24, 2.45) is 0 Å². The van der Waals surface area contributed by atoms with E-state index in [-0.39, 0.29) is 13.0 Å². The quantitative estimate of drug-likeness (QED) is 0.423. The van der Waals surface area contributed by atoms with Crippen molar-refractivity contribution in [3.05, 3.63) is 35.6 Å². The topological polar surface area (TPSA) is 67.4 Å². The van der Waals surface area contributed by atoms with Crippen molar-refractivity contribution in [2.75, 3.05) is 6.61 Å². The maximum absolute atomic E-state index is 13.7. The minimum Gasteiger partial charge on any atom is -0.463 e. The Morgan fingerprint density at radius 1 is 1.12 bits per heavy atom. The van der Waals surface area contributed by atoms with Crippen LogP contribution in [0.5, 0.6) is 0 Å². The Kier molecular flexibility index (Phi) is 7.35. The van der Waals surface area contributed by atoms with Gasteiger partial charge in [-0.2, -0.15) is 13.2 Å². The second-order valence-corrected chi connectivity index (χ2v) is 5.25. The van der Waals surface area contributed by atoms with Gasteiger partial charge in [-0.05, 0) is 31.0 Å². The summed E-state index contributed by atoms with van der Waals surface area (Å²) in [6, 6.07) is 4.68. The molecule has 0 saturated heterocycles. The normalized spacial score (nSPS) is 13.8. The Hall–Kier alpha value is -2.16. The number of amides is 1. The number of hydrogen-bond donors (Lipinski definition) is 2. The smallest absolute Gasteiger partial charge is 0.436 e. The second kappa shape index (κ2) is 8.80. The standard InChI is InChI=1S/C16H20F4N2O3/c1-3-5-13(23)22-15(16(18,19)20,14(24)25-4-2)21-10-11-6-8-12(17)9-7-11/h6-9,21H,3-5,10H2,1-2H3,(H,22,23). The van der Waals surface area contributed by atoms with Crippen LogP contribution >= 0.6 is 0 Å². The number of alkyl halides is 3. The first-order valence-electron chi connectivity index (χ1n) is 7.70. The minimum atomic E-state index is -5.15. The van der Waals surface area contributed by atoms with E-state index in [9.17, 15) is 27.2 Å². The van der Waals surface area contributed by atoms with Gasteiger partial charge in [0.1, 0.15) is 5.82 Å². The molecule has 1 amide bonds. The third-order valence-corrected chi connectivity index (χ3v) is 3.28. The molecular weight excluding hydrogens is 344 g/mol. The van der Waals surface area contributed by atoms with Gasteiger partial charge in [0.15, 0.2) is 0 Å². The molecule has 0 spiro atoms. The molecular formula is C16H20F4N2O3. The zero-order chi connectivity index (χ0) is 19.1. The molecule has 0 aliphatic heterocycles. The molecule has 25 heavy (non-hydrogen) atoms. The lowest BCUT2D eigenvalue weighted by molar-refractivity contribution is -0.222. The lowest BCUT2D eigenvalue weighted by atomic mass is 10.1. The van der Waals surface area contributed by atoms with Crippen LogP contribution in [-0.4, -0.2) is 30.3 Å². The van der Waals surface area contributed by atoms with E-state index >= 15 is 0 Å². The van der Waals surface area contributed by atoms with Crippen molar-refractivity contribution >= 4 is 11.9 Å². The average Bonchev–Trinajstić information content (AvgIpc) is 2.52. The molecule has 0 fully saturated rings. The van der Waals surface area contributed by atoms with Crippen LogP contribution in [0.2, 0.25) is 0 Å². The van der Waals surface area contributed by atoms with Crippen molar-refractivity contribution in [3.63, 3.8) is 0 Å². The number of carbonyl (C=O) groups excluding carboxylic acids is 2. The fourth-order valence-corrected chi connectivity index (χ4v) is 2.03. The lowest BCUT2D eigenvalue weighted by Gasteiger charge is -2.34. The fraction of sp³-hybridized carbons (Fsp3) is 0.500. The van der Waals surface area contributed by atoms with Gasteiger partial charge in [0.05, 0.1) is 6.61 Å².